The number of nitrogen functional groups attached to an aromatic ring is 1. The average molecular weight is 224 g/mol. The monoisotopic (exact) mass is 224 g/mol. The van der Waals surface area contributed by atoms with Gasteiger partial charge in [0.15, 0.2) is 0 Å². The van der Waals surface area contributed by atoms with E-state index in [4.69, 9.17) is 15.6 Å². The van der Waals surface area contributed by atoms with E-state index in [1.807, 2.05) is 44.0 Å². The minimum absolute atomic E-state index is 0.0979. The molecule has 0 spiro atoms. The fourth-order valence-electron chi connectivity index (χ4n) is 1.49. The molecule has 90 valence electrons. The van der Waals surface area contributed by atoms with Crippen molar-refractivity contribution < 1.29 is 9.84 Å². The van der Waals surface area contributed by atoms with Crippen LogP contribution in [0.4, 0.5) is 11.4 Å². The fraction of sp³-hybridized carbons (Fsp3) is 0.500. The van der Waals surface area contributed by atoms with Crippen molar-refractivity contribution in [3.63, 3.8) is 0 Å². The second-order valence-corrected chi connectivity index (χ2v) is 4.00. The number of para-hydroxylation sites is 1. The summed E-state index contributed by atoms with van der Waals surface area (Å²) in [6, 6.07) is 5.67. The van der Waals surface area contributed by atoms with Gasteiger partial charge in [0, 0.05) is 13.6 Å². The van der Waals surface area contributed by atoms with Crippen molar-refractivity contribution in [2.75, 3.05) is 30.8 Å². The topological polar surface area (TPSA) is 58.7 Å². The maximum absolute atomic E-state index is 8.89. The van der Waals surface area contributed by atoms with Gasteiger partial charge in [0.05, 0.1) is 24.1 Å². The molecule has 1 rings (SSSR count). The molecule has 4 nitrogen and oxygen atoms in total. The van der Waals surface area contributed by atoms with Crippen molar-refractivity contribution in [2.24, 2.45) is 0 Å². The van der Waals surface area contributed by atoms with E-state index in [-0.39, 0.29) is 12.7 Å². The Morgan fingerprint density at radius 3 is 2.69 bits per heavy atom. The van der Waals surface area contributed by atoms with E-state index in [9.17, 15) is 0 Å². The van der Waals surface area contributed by atoms with Gasteiger partial charge in [-0.05, 0) is 26.0 Å². The third-order valence-electron chi connectivity index (χ3n) is 2.25. The van der Waals surface area contributed by atoms with E-state index in [0.29, 0.717) is 18.0 Å². The predicted octanol–water partition coefficient (Wildman–Crippen LogP) is 1.48. The van der Waals surface area contributed by atoms with Crippen molar-refractivity contribution in [1.82, 2.24) is 0 Å². The zero-order chi connectivity index (χ0) is 12.1. The molecule has 0 saturated heterocycles. The Labute approximate surface area is 96.6 Å². The molecule has 0 amide bonds. The van der Waals surface area contributed by atoms with Crippen LogP contribution in [0.2, 0.25) is 0 Å². The van der Waals surface area contributed by atoms with Gasteiger partial charge in [0.2, 0.25) is 0 Å². The molecule has 0 heterocycles. The van der Waals surface area contributed by atoms with Crippen LogP contribution in [-0.4, -0.2) is 31.4 Å². The van der Waals surface area contributed by atoms with E-state index in [0.717, 1.165) is 5.69 Å². The number of ether oxygens (including phenoxy) is 1. The smallest absolute Gasteiger partial charge is 0.144 e. The lowest BCUT2D eigenvalue weighted by Gasteiger charge is -2.22. The summed E-state index contributed by atoms with van der Waals surface area (Å²) in [5.74, 6) is 0.692. The summed E-state index contributed by atoms with van der Waals surface area (Å²) in [5, 5.41) is 8.89. The lowest BCUT2D eigenvalue weighted by molar-refractivity contribution is 0.244. The third-order valence-corrected chi connectivity index (χ3v) is 2.25. The second-order valence-electron chi connectivity index (χ2n) is 4.00. The summed E-state index contributed by atoms with van der Waals surface area (Å²) in [5.41, 5.74) is 7.51. The van der Waals surface area contributed by atoms with Crippen LogP contribution < -0.4 is 15.4 Å². The molecule has 0 aromatic heterocycles. The molecule has 3 N–H and O–H groups in total. The van der Waals surface area contributed by atoms with Gasteiger partial charge >= 0.3 is 0 Å². The molecule has 1 aromatic carbocycles. The van der Waals surface area contributed by atoms with Gasteiger partial charge in [0.1, 0.15) is 5.75 Å². The van der Waals surface area contributed by atoms with Crippen LogP contribution >= 0.6 is 0 Å². The summed E-state index contributed by atoms with van der Waals surface area (Å²) in [6.45, 7) is 4.58. The number of benzene rings is 1. The van der Waals surface area contributed by atoms with Gasteiger partial charge in [-0.25, -0.2) is 0 Å². The van der Waals surface area contributed by atoms with Crippen molar-refractivity contribution >= 4 is 11.4 Å². The summed E-state index contributed by atoms with van der Waals surface area (Å²) in [7, 11) is 1.89. The highest BCUT2D eigenvalue weighted by Crippen LogP contribution is 2.32. The Morgan fingerprint density at radius 2 is 2.12 bits per heavy atom. The van der Waals surface area contributed by atoms with E-state index in [1.54, 1.807) is 0 Å². The Bertz CT molecular complexity index is 340. The zero-order valence-electron chi connectivity index (χ0n) is 10.1. The van der Waals surface area contributed by atoms with E-state index >= 15 is 0 Å². The molecule has 0 bridgehead atoms. The van der Waals surface area contributed by atoms with Crippen LogP contribution in [0.1, 0.15) is 13.8 Å². The summed E-state index contributed by atoms with van der Waals surface area (Å²) in [4.78, 5) is 1.91. The van der Waals surface area contributed by atoms with Gasteiger partial charge in [-0.3, -0.25) is 0 Å². The Morgan fingerprint density at radius 1 is 1.44 bits per heavy atom. The quantitative estimate of drug-likeness (QED) is 0.744. The van der Waals surface area contributed by atoms with Gasteiger partial charge in [-0.2, -0.15) is 0 Å². The van der Waals surface area contributed by atoms with Crippen LogP contribution in [0, 0.1) is 0 Å². The Kier molecular flexibility index (Phi) is 4.43. The molecular formula is C12H20N2O2. The fourth-order valence-corrected chi connectivity index (χ4v) is 1.49. The van der Waals surface area contributed by atoms with Gasteiger partial charge < -0.3 is 20.5 Å². The predicted molar refractivity (Wildman–Crippen MR) is 67.0 cm³/mol. The lowest BCUT2D eigenvalue weighted by atomic mass is 10.2. The number of hydrogen-bond donors (Lipinski definition) is 2. The van der Waals surface area contributed by atoms with Gasteiger partial charge in [-0.15, -0.1) is 0 Å². The molecule has 0 aliphatic rings. The van der Waals surface area contributed by atoms with Gasteiger partial charge in [-0.1, -0.05) is 6.07 Å². The molecule has 0 unspecified atom stereocenters. The van der Waals surface area contributed by atoms with E-state index < -0.39 is 0 Å². The van der Waals surface area contributed by atoms with Crippen LogP contribution in [0.25, 0.3) is 0 Å². The number of hydrogen-bond acceptors (Lipinski definition) is 4. The lowest BCUT2D eigenvalue weighted by Crippen LogP contribution is -2.22. The van der Waals surface area contributed by atoms with Crippen LogP contribution in [0.3, 0.4) is 0 Å². The molecule has 16 heavy (non-hydrogen) atoms. The normalized spacial score (nSPS) is 10.6. The molecule has 0 saturated carbocycles. The highest BCUT2D eigenvalue weighted by Gasteiger charge is 2.10. The number of likely N-dealkylation sites (N-methyl/N-ethyl adjacent to an activating group) is 1. The largest absolute Gasteiger partial charge is 0.489 e. The van der Waals surface area contributed by atoms with Crippen molar-refractivity contribution in [3.8, 4) is 5.75 Å². The van der Waals surface area contributed by atoms with E-state index in [2.05, 4.69) is 0 Å². The van der Waals surface area contributed by atoms with Crippen LogP contribution in [0.5, 0.6) is 5.75 Å². The number of nitrogens with two attached hydrogens (primary N) is 1. The SMILES string of the molecule is CC(C)Oc1cccc(N(C)CCO)c1N. The van der Waals surface area contributed by atoms with Crippen molar-refractivity contribution in [3.05, 3.63) is 18.2 Å². The van der Waals surface area contributed by atoms with E-state index in [1.165, 1.54) is 0 Å². The average Bonchev–Trinajstić information content (AvgIpc) is 2.21. The first-order valence-corrected chi connectivity index (χ1v) is 5.43. The minimum atomic E-state index is 0.0979. The molecule has 0 fully saturated rings. The first kappa shape index (κ1) is 12.6. The molecule has 4 heteroatoms. The molecular weight excluding hydrogens is 204 g/mol. The Balaban J connectivity index is 2.94. The summed E-state index contributed by atoms with van der Waals surface area (Å²) >= 11 is 0. The first-order chi connectivity index (χ1) is 7.56. The number of rotatable bonds is 5. The number of aliphatic hydroxyl groups excluding tert-OH is 1. The standard InChI is InChI=1S/C12H20N2O2/c1-9(2)16-11-6-4-5-10(12(11)13)14(3)7-8-15/h4-6,9,15H,7-8,13H2,1-3H3. The van der Waals surface area contributed by atoms with Crippen LogP contribution in [0.15, 0.2) is 18.2 Å². The molecule has 0 aliphatic carbocycles. The molecule has 0 radical (unpaired) electrons. The third kappa shape index (κ3) is 3.03. The minimum Gasteiger partial charge on any atom is -0.489 e. The second kappa shape index (κ2) is 5.61. The van der Waals surface area contributed by atoms with Crippen molar-refractivity contribution in [1.29, 1.82) is 0 Å². The number of anilines is 2. The van der Waals surface area contributed by atoms with Gasteiger partial charge in [0.25, 0.3) is 0 Å². The van der Waals surface area contributed by atoms with Crippen molar-refractivity contribution in [2.45, 2.75) is 20.0 Å². The number of aliphatic hydroxyl groups is 1. The highest BCUT2D eigenvalue weighted by molar-refractivity contribution is 5.73. The zero-order valence-corrected chi connectivity index (χ0v) is 10.1. The molecule has 1 aromatic rings. The first-order valence-electron chi connectivity index (χ1n) is 5.43. The van der Waals surface area contributed by atoms with Crippen LogP contribution in [-0.2, 0) is 0 Å². The number of nitrogens with zero attached hydrogens (tertiary/aromatic N) is 1. The summed E-state index contributed by atoms with van der Waals surface area (Å²) < 4.78 is 5.60. The Hall–Kier alpha value is -1.42. The summed E-state index contributed by atoms with van der Waals surface area (Å²) in [6.07, 6.45) is 0.0979. The maximum Gasteiger partial charge on any atom is 0.144 e. The molecule has 0 aliphatic heterocycles. The highest BCUT2D eigenvalue weighted by atomic mass is 16.5. The molecule has 0 atom stereocenters. The maximum atomic E-state index is 8.89.